The standard InChI is InChI=1S/C16H15N3O/c1-10-6-7-12(9-17)8-14(10)19-16(20)15-11(2)4-3-5-13(15)18/h3-8H,18H2,1-2H3,(H,19,20). The number of nitrogens with zero attached hydrogens (tertiary/aromatic N) is 1. The lowest BCUT2D eigenvalue weighted by Crippen LogP contribution is -2.16. The zero-order chi connectivity index (χ0) is 14.7. The molecule has 0 saturated heterocycles. The summed E-state index contributed by atoms with van der Waals surface area (Å²) in [5, 5.41) is 11.7. The minimum absolute atomic E-state index is 0.265. The number of nitriles is 1. The summed E-state index contributed by atoms with van der Waals surface area (Å²) in [5.74, 6) is -0.265. The van der Waals surface area contributed by atoms with Gasteiger partial charge in [-0.1, -0.05) is 18.2 Å². The lowest BCUT2D eigenvalue weighted by Gasteiger charge is -2.12. The fourth-order valence-corrected chi connectivity index (χ4v) is 2.01. The minimum atomic E-state index is -0.265. The van der Waals surface area contributed by atoms with E-state index < -0.39 is 0 Å². The summed E-state index contributed by atoms with van der Waals surface area (Å²) in [7, 11) is 0. The molecule has 100 valence electrons. The van der Waals surface area contributed by atoms with Crippen LogP contribution in [-0.2, 0) is 0 Å². The van der Waals surface area contributed by atoms with Crippen LogP contribution in [0, 0.1) is 25.2 Å². The smallest absolute Gasteiger partial charge is 0.258 e. The van der Waals surface area contributed by atoms with E-state index in [-0.39, 0.29) is 5.91 Å². The summed E-state index contributed by atoms with van der Waals surface area (Å²) >= 11 is 0. The van der Waals surface area contributed by atoms with E-state index in [2.05, 4.69) is 11.4 Å². The van der Waals surface area contributed by atoms with Crippen LogP contribution in [0.5, 0.6) is 0 Å². The van der Waals surface area contributed by atoms with Crippen molar-refractivity contribution in [1.82, 2.24) is 0 Å². The fraction of sp³-hybridized carbons (Fsp3) is 0.125. The van der Waals surface area contributed by atoms with Crippen LogP contribution in [0.1, 0.15) is 27.0 Å². The molecule has 0 bridgehead atoms. The van der Waals surface area contributed by atoms with Crippen LogP contribution in [0.2, 0.25) is 0 Å². The molecule has 0 radical (unpaired) electrons. The number of carbonyl (C=O) groups is 1. The minimum Gasteiger partial charge on any atom is -0.398 e. The van der Waals surface area contributed by atoms with Crippen molar-refractivity contribution in [2.75, 3.05) is 11.1 Å². The van der Waals surface area contributed by atoms with Crippen LogP contribution in [0.3, 0.4) is 0 Å². The Morgan fingerprint density at radius 1 is 1.20 bits per heavy atom. The number of amides is 1. The van der Waals surface area contributed by atoms with Crippen molar-refractivity contribution in [2.24, 2.45) is 0 Å². The Balaban J connectivity index is 2.36. The third kappa shape index (κ3) is 2.62. The predicted octanol–water partition coefficient (Wildman–Crippen LogP) is 3.01. The van der Waals surface area contributed by atoms with Gasteiger partial charge in [-0.25, -0.2) is 0 Å². The molecule has 2 rings (SSSR count). The van der Waals surface area contributed by atoms with Gasteiger partial charge < -0.3 is 11.1 Å². The molecule has 3 N–H and O–H groups in total. The number of nitrogens with two attached hydrogens (primary N) is 1. The van der Waals surface area contributed by atoms with Gasteiger partial charge in [0.2, 0.25) is 0 Å². The number of rotatable bonds is 2. The van der Waals surface area contributed by atoms with Crippen LogP contribution in [0.25, 0.3) is 0 Å². The monoisotopic (exact) mass is 265 g/mol. The molecule has 1 amide bonds. The summed E-state index contributed by atoms with van der Waals surface area (Å²) in [5.41, 5.74) is 9.60. The predicted molar refractivity (Wildman–Crippen MR) is 79.4 cm³/mol. The highest BCUT2D eigenvalue weighted by molar-refractivity contribution is 6.09. The van der Waals surface area contributed by atoms with Crippen molar-refractivity contribution in [1.29, 1.82) is 5.26 Å². The molecule has 20 heavy (non-hydrogen) atoms. The van der Waals surface area contributed by atoms with Gasteiger partial charge in [-0.2, -0.15) is 5.26 Å². The quantitative estimate of drug-likeness (QED) is 0.819. The van der Waals surface area contributed by atoms with Crippen molar-refractivity contribution in [2.45, 2.75) is 13.8 Å². The van der Waals surface area contributed by atoms with E-state index in [1.54, 1.807) is 24.3 Å². The average Bonchev–Trinajstić information content (AvgIpc) is 2.41. The van der Waals surface area contributed by atoms with Gasteiger partial charge in [0.15, 0.2) is 0 Å². The summed E-state index contributed by atoms with van der Waals surface area (Å²) in [6, 6.07) is 12.6. The lowest BCUT2D eigenvalue weighted by molar-refractivity contribution is 0.102. The third-order valence-electron chi connectivity index (χ3n) is 3.15. The number of aryl methyl sites for hydroxylation is 2. The average molecular weight is 265 g/mol. The third-order valence-corrected chi connectivity index (χ3v) is 3.15. The number of hydrogen-bond acceptors (Lipinski definition) is 3. The second kappa shape index (κ2) is 5.45. The van der Waals surface area contributed by atoms with Crippen molar-refractivity contribution >= 4 is 17.3 Å². The van der Waals surface area contributed by atoms with Gasteiger partial charge in [-0.3, -0.25) is 4.79 Å². The highest BCUT2D eigenvalue weighted by Crippen LogP contribution is 2.21. The summed E-state index contributed by atoms with van der Waals surface area (Å²) in [6.45, 7) is 3.71. The highest BCUT2D eigenvalue weighted by Gasteiger charge is 2.13. The molecule has 0 unspecified atom stereocenters. The number of nitrogens with one attached hydrogen (secondary N) is 1. The molecular formula is C16H15N3O. The van der Waals surface area contributed by atoms with Gasteiger partial charge in [-0.15, -0.1) is 0 Å². The van der Waals surface area contributed by atoms with Gasteiger partial charge in [0.25, 0.3) is 5.91 Å². The van der Waals surface area contributed by atoms with Crippen molar-refractivity contribution < 1.29 is 4.79 Å². The van der Waals surface area contributed by atoms with Crippen molar-refractivity contribution in [3.8, 4) is 6.07 Å². The van der Waals surface area contributed by atoms with E-state index in [4.69, 9.17) is 11.0 Å². The largest absolute Gasteiger partial charge is 0.398 e. The molecular weight excluding hydrogens is 250 g/mol. The zero-order valence-electron chi connectivity index (χ0n) is 11.4. The topological polar surface area (TPSA) is 78.9 Å². The molecule has 2 aromatic carbocycles. The Labute approximate surface area is 117 Å². The van der Waals surface area contributed by atoms with Crippen molar-refractivity contribution in [3.05, 3.63) is 58.7 Å². The number of hydrogen-bond donors (Lipinski definition) is 2. The molecule has 4 heteroatoms. The first-order chi connectivity index (χ1) is 9.52. The Kier molecular flexibility index (Phi) is 3.72. The Hall–Kier alpha value is -2.80. The second-order valence-corrected chi connectivity index (χ2v) is 4.63. The number of carbonyl (C=O) groups excluding carboxylic acids is 1. The summed E-state index contributed by atoms with van der Waals surface area (Å²) in [6.07, 6.45) is 0. The SMILES string of the molecule is Cc1ccc(C#N)cc1NC(=O)c1c(C)cccc1N. The maximum Gasteiger partial charge on any atom is 0.258 e. The lowest BCUT2D eigenvalue weighted by atomic mass is 10.1. The summed E-state index contributed by atoms with van der Waals surface area (Å²) < 4.78 is 0. The van der Waals surface area contributed by atoms with Gasteiger partial charge in [-0.05, 0) is 43.2 Å². The van der Waals surface area contributed by atoms with Crippen LogP contribution >= 0.6 is 0 Å². The van der Waals surface area contributed by atoms with Crippen LogP contribution in [0.4, 0.5) is 11.4 Å². The maximum atomic E-state index is 12.3. The first-order valence-corrected chi connectivity index (χ1v) is 6.20. The number of anilines is 2. The zero-order valence-corrected chi connectivity index (χ0v) is 11.4. The summed E-state index contributed by atoms with van der Waals surface area (Å²) in [4.78, 5) is 12.3. The van der Waals surface area contributed by atoms with Gasteiger partial charge in [0.05, 0.1) is 17.2 Å². The van der Waals surface area contributed by atoms with E-state index in [9.17, 15) is 4.79 Å². The second-order valence-electron chi connectivity index (χ2n) is 4.63. The molecule has 0 aliphatic heterocycles. The number of nitrogen functional groups attached to an aromatic ring is 1. The van der Waals surface area contributed by atoms with Crippen molar-refractivity contribution in [3.63, 3.8) is 0 Å². The van der Waals surface area contributed by atoms with E-state index >= 15 is 0 Å². The molecule has 0 aromatic heterocycles. The van der Waals surface area contributed by atoms with Crippen LogP contribution in [-0.4, -0.2) is 5.91 Å². The van der Waals surface area contributed by atoms with Gasteiger partial charge >= 0.3 is 0 Å². The molecule has 0 heterocycles. The van der Waals surface area contributed by atoms with Gasteiger partial charge in [0, 0.05) is 11.4 Å². The van der Waals surface area contributed by atoms with E-state index in [1.807, 2.05) is 26.0 Å². The van der Waals surface area contributed by atoms with E-state index in [0.717, 1.165) is 11.1 Å². The normalized spacial score (nSPS) is 9.85. The molecule has 0 saturated carbocycles. The Bertz CT molecular complexity index is 694. The molecule has 4 nitrogen and oxygen atoms in total. The first kappa shape index (κ1) is 13.6. The Morgan fingerprint density at radius 3 is 2.60 bits per heavy atom. The highest BCUT2D eigenvalue weighted by atomic mass is 16.1. The first-order valence-electron chi connectivity index (χ1n) is 6.20. The molecule has 0 spiro atoms. The molecule has 0 fully saturated rings. The van der Waals surface area contributed by atoms with E-state index in [1.165, 1.54) is 0 Å². The van der Waals surface area contributed by atoms with Crippen LogP contribution in [0.15, 0.2) is 36.4 Å². The maximum absolute atomic E-state index is 12.3. The molecule has 0 atom stereocenters. The number of benzene rings is 2. The van der Waals surface area contributed by atoms with E-state index in [0.29, 0.717) is 22.5 Å². The van der Waals surface area contributed by atoms with Crippen LogP contribution < -0.4 is 11.1 Å². The van der Waals surface area contributed by atoms with Gasteiger partial charge in [0.1, 0.15) is 0 Å². The molecule has 0 aliphatic rings. The Morgan fingerprint density at radius 2 is 1.95 bits per heavy atom. The molecule has 0 aliphatic carbocycles. The fourth-order valence-electron chi connectivity index (χ4n) is 2.01. The molecule has 2 aromatic rings.